The standard InChI is InChI=1S/2C26H22ClN3O6S.Ba/c2*1-3-18-22(37(33,34)35)13-12-21(23(18)27)29-30-24-19-7-5-4-6-15(19)14-20(25(24)31)26(32)28-16-8-10-17(36-2)11-9-16;/h2*4-14,31H,3H2,1-2H3,(H,28,32)(H,33,34,35);/q;;+2/p-2. The number of methoxy groups -OCH3 is 2. The molecule has 0 radical (unpaired) electrons. The maximum atomic E-state index is 13.3. The molecule has 23 heteroatoms. The van der Waals surface area contributed by atoms with Gasteiger partial charge in [0.2, 0.25) is 0 Å². The third-order valence-corrected chi connectivity index (χ3v) is 14.0. The number of hydrogen-bond acceptors (Lipinski definition) is 15. The van der Waals surface area contributed by atoms with E-state index >= 15 is 0 Å². The Morgan fingerprint density at radius 3 is 1.47 bits per heavy atom. The van der Waals surface area contributed by atoms with E-state index in [-0.39, 0.29) is 122 Å². The Morgan fingerprint density at radius 2 is 1.01 bits per heavy atom. The van der Waals surface area contributed by atoms with Crippen molar-refractivity contribution in [1.82, 2.24) is 0 Å². The van der Waals surface area contributed by atoms with Gasteiger partial charge in [-0.15, -0.1) is 15.3 Å². The number of nitrogens with zero attached hydrogens (tertiary/aromatic N) is 4. The van der Waals surface area contributed by atoms with E-state index in [0.717, 1.165) is 6.07 Å². The summed E-state index contributed by atoms with van der Waals surface area (Å²) in [5.74, 6) is -0.998. The summed E-state index contributed by atoms with van der Waals surface area (Å²) in [6.45, 7) is 3.33. The van der Waals surface area contributed by atoms with E-state index in [2.05, 4.69) is 31.1 Å². The van der Waals surface area contributed by atoms with Crippen molar-refractivity contribution in [2.45, 2.75) is 36.5 Å². The maximum Gasteiger partial charge on any atom is 2.00 e. The molecule has 380 valence electrons. The summed E-state index contributed by atoms with van der Waals surface area (Å²) in [4.78, 5) is 25.3. The van der Waals surface area contributed by atoms with Gasteiger partial charge in [-0.3, -0.25) is 14.1 Å². The van der Waals surface area contributed by atoms with Gasteiger partial charge in [0.05, 0.1) is 45.3 Å². The van der Waals surface area contributed by atoms with E-state index in [4.69, 9.17) is 32.7 Å². The predicted molar refractivity (Wildman–Crippen MR) is 284 cm³/mol. The molecule has 0 atom stereocenters. The number of carbonyl (C=O) groups excluding carboxylic acids is 2. The van der Waals surface area contributed by atoms with E-state index in [1.807, 2.05) is 0 Å². The molecule has 0 saturated carbocycles. The van der Waals surface area contributed by atoms with Gasteiger partial charge >= 0.3 is 48.9 Å². The zero-order chi connectivity index (χ0) is 53.5. The molecular weight excluding hydrogens is 1170 g/mol. The van der Waals surface area contributed by atoms with Crippen LogP contribution in [-0.2, 0) is 33.1 Å². The number of hydrogen-bond donors (Lipinski definition) is 4. The van der Waals surface area contributed by atoms with Gasteiger partial charge in [0.25, 0.3) is 21.9 Å². The van der Waals surface area contributed by atoms with Crippen molar-refractivity contribution in [3.8, 4) is 23.0 Å². The SMILES string of the molecule is CCc1c(S(=O)(=O)O)ccc(N=Nc2c(O)c(C(=O)Nc3ccc(OC)cc3)cc3ccccc23)c1Cl.CCc1c(S(=O)(=O)[O-])ccc(N=Nc2c([O-])c(C(=O)Nc3ccc(OC)cc3)cc3ccccc23)c1Cl.[Ba+2]. The number of phenols is 1. The average Bonchev–Trinajstić information content (AvgIpc) is 3.38. The van der Waals surface area contributed by atoms with Crippen LogP contribution in [0, 0.1) is 0 Å². The molecule has 0 aliphatic carbocycles. The van der Waals surface area contributed by atoms with Crippen molar-refractivity contribution in [3.63, 3.8) is 0 Å². The largest absolute Gasteiger partial charge is 2.00 e. The molecule has 0 heterocycles. The number of amides is 2. The number of aromatic hydroxyl groups is 1. The number of benzene rings is 8. The predicted octanol–water partition coefficient (Wildman–Crippen LogP) is 12.0. The molecule has 0 aliphatic rings. The first kappa shape index (κ1) is 57.9. The number of ether oxygens (including phenoxy) is 2. The van der Waals surface area contributed by atoms with Crippen molar-refractivity contribution in [3.05, 3.63) is 166 Å². The molecule has 0 saturated heterocycles. The van der Waals surface area contributed by atoms with Crippen molar-refractivity contribution in [2.75, 3.05) is 24.9 Å². The fourth-order valence-electron chi connectivity index (χ4n) is 7.59. The second-order valence-electron chi connectivity index (χ2n) is 15.8. The fourth-order valence-corrected chi connectivity index (χ4v) is 9.96. The van der Waals surface area contributed by atoms with Crippen LogP contribution in [0.2, 0.25) is 10.0 Å². The van der Waals surface area contributed by atoms with Crippen LogP contribution in [0.5, 0.6) is 23.0 Å². The molecule has 0 aliphatic heterocycles. The molecule has 8 rings (SSSR count). The van der Waals surface area contributed by atoms with Crippen LogP contribution in [0.1, 0.15) is 45.7 Å². The van der Waals surface area contributed by atoms with Crippen LogP contribution in [0.4, 0.5) is 34.1 Å². The molecule has 18 nitrogen and oxygen atoms in total. The fraction of sp³-hybridized carbons (Fsp3) is 0.115. The number of azo groups is 2. The Labute approximate surface area is 481 Å². The molecule has 8 aromatic rings. The maximum absolute atomic E-state index is 13.3. The third kappa shape index (κ3) is 13.3. The number of halogens is 2. The number of rotatable bonds is 14. The van der Waals surface area contributed by atoms with Gasteiger partial charge in [-0.25, -0.2) is 8.42 Å². The molecule has 2 amide bonds. The first-order valence-corrected chi connectivity index (χ1v) is 25.7. The first-order valence-electron chi connectivity index (χ1n) is 22.1. The summed E-state index contributed by atoms with van der Waals surface area (Å²) in [5.41, 5.74) is 1.23. The van der Waals surface area contributed by atoms with Crippen molar-refractivity contribution in [2.24, 2.45) is 20.5 Å². The quantitative estimate of drug-likeness (QED) is 0.0449. The van der Waals surface area contributed by atoms with Crippen molar-refractivity contribution < 1.29 is 55.2 Å². The number of anilines is 2. The molecule has 8 aromatic carbocycles. The van der Waals surface area contributed by atoms with Gasteiger partial charge < -0.3 is 34.9 Å². The zero-order valence-electron chi connectivity index (χ0n) is 40.2. The van der Waals surface area contributed by atoms with Crippen LogP contribution in [0.3, 0.4) is 0 Å². The molecular formula is C52H42BaCl2N6O12S2. The average molecular weight is 1220 g/mol. The number of carbonyl (C=O) groups is 2. The summed E-state index contributed by atoms with van der Waals surface area (Å²) in [5, 5.41) is 48.5. The van der Waals surface area contributed by atoms with Crippen LogP contribution < -0.4 is 25.2 Å². The minimum Gasteiger partial charge on any atom is -0.870 e. The molecule has 0 bridgehead atoms. The van der Waals surface area contributed by atoms with Gasteiger partial charge in [0.1, 0.15) is 38.7 Å². The monoisotopic (exact) mass is 1210 g/mol. The van der Waals surface area contributed by atoms with Gasteiger partial charge in [0.15, 0.2) is 5.75 Å². The minimum absolute atomic E-state index is 0. The molecule has 0 spiro atoms. The zero-order valence-corrected chi connectivity index (χ0v) is 47.7. The van der Waals surface area contributed by atoms with E-state index in [1.165, 1.54) is 38.5 Å². The van der Waals surface area contributed by atoms with E-state index in [9.17, 15) is 45.7 Å². The Hall–Kier alpha value is -6.41. The van der Waals surface area contributed by atoms with E-state index < -0.39 is 48.4 Å². The van der Waals surface area contributed by atoms with Crippen molar-refractivity contribution in [1.29, 1.82) is 0 Å². The Balaban J connectivity index is 0.000000241. The molecule has 0 fully saturated rings. The second kappa shape index (κ2) is 25.0. The van der Waals surface area contributed by atoms with Crippen molar-refractivity contribution >= 4 is 160 Å². The summed E-state index contributed by atoms with van der Waals surface area (Å²) in [7, 11) is -6.16. The van der Waals surface area contributed by atoms with E-state index in [1.54, 1.807) is 117 Å². The molecule has 0 aromatic heterocycles. The van der Waals surface area contributed by atoms with Gasteiger partial charge in [0, 0.05) is 27.7 Å². The van der Waals surface area contributed by atoms with Gasteiger partial charge in [-0.05, 0) is 120 Å². The number of phenolic OH excluding ortho intramolecular Hbond substituents is 1. The number of fused-ring (bicyclic) bond motifs is 2. The third-order valence-electron chi connectivity index (χ3n) is 11.3. The van der Waals surface area contributed by atoms with Crippen LogP contribution >= 0.6 is 23.2 Å². The van der Waals surface area contributed by atoms with Crippen LogP contribution in [0.15, 0.2) is 164 Å². The van der Waals surface area contributed by atoms with E-state index in [0.29, 0.717) is 44.4 Å². The van der Waals surface area contributed by atoms with Crippen LogP contribution in [-0.4, -0.2) is 106 Å². The topological polar surface area (TPSA) is 281 Å². The summed E-state index contributed by atoms with van der Waals surface area (Å²) >= 11 is 12.7. The van der Waals surface area contributed by atoms with Gasteiger partial charge in [-0.2, -0.15) is 13.5 Å². The first-order chi connectivity index (χ1) is 35.3. The second-order valence-corrected chi connectivity index (χ2v) is 19.3. The summed E-state index contributed by atoms with van der Waals surface area (Å²) in [6.07, 6.45) is 0.377. The number of nitrogens with one attached hydrogen (secondary N) is 2. The minimum atomic E-state index is -4.74. The van der Waals surface area contributed by atoms with Gasteiger partial charge in [-0.1, -0.05) is 91.3 Å². The summed E-state index contributed by atoms with van der Waals surface area (Å²) < 4.78 is 77.7. The van der Waals surface area contributed by atoms with Crippen LogP contribution in [0.25, 0.3) is 21.5 Å². The Bertz CT molecular complexity index is 3530. The molecule has 75 heavy (non-hydrogen) atoms. The molecule has 4 N–H and O–H groups in total. The summed E-state index contributed by atoms with van der Waals surface area (Å²) in [6, 6.07) is 35.1. The Kier molecular flexibility index (Phi) is 19.3. The smallest absolute Gasteiger partial charge is 0.870 e. The Morgan fingerprint density at radius 1 is 0.600 bits per heavy atom. The normalized spacial score (nSPS) is 11.5. The molecule has 0 unspecified atom stereocenters.